The predicted octanol–water partition coefficient (Wildman–Crippen LogP) is 5.45. The van der Waals surface area contributed by atoms with E-state index in [0.717, 1.165) is 35.6 Å². The van der Waals surface area contributed by atoms with Crippen LogP contribution in [0.1, 0.15) is 40.9 Å². The maximum atomic E-state index is 13.0. The Hall–Kier alpha value is -4.60. The second-order valence-electron chi connectivity index (χ2n) is 8.74. The van der Waals surface area contributed by atoms with Crippen LogP contribution in [0.5, 0.6) is 0 Å². The van der Waals surface area contributed by atoms with Crippen molar-refractivity contribution in [3.63, 3.8) is 0 Å². The fourth-order valence-electron chi connectivity index (χ4n) is 3.75. The van der Waals surface area contributed by atoms with Crippen LogP contribution in [0.15, 0.2) is 67.3 Å². The maximum Gasteiger partial charge on any atom is 0.280 e. The van der Waals surface area contributed by atoms with Crippen molar-refractivity contribution in [2.24, 2.45) is 5.92 Å². The number of benzene rings is 1. The van der Waals surface area contributed by atoms with Crippen molar-refractivity contribution >= 4 is 23.3 Å². The van der Waals surface area contributed by atoms with Gasteiger partial charge in [0, 0.05) is 40.7 Å². The third-order valence-electron chi connectivity index (χ3n) is 5.93. The SMILES string of the molecule is Cc1ccc(NC(=O)c2ccnc(C(F)F)c2)cc1-c1cncc(-c2ccnc(NC(=O)C3CC3)c2)n1. The average molecular weight is 501 g/mol. The van der Waals surface area contributed by atoms with Crippen LogP contribution in [-0.4, -0.2) is 31.8 Å². The molecule has 1 aliphatic carbocycles. The second kappa shape index (κ2) is 10.2. The van der Waals surface area contributed by atoms with Gasteiger partial charge in [-0.05, 0) is 61.7 Å². The minimum Gasteiger partial charge on any atom is -0.322 e. The van der Waals surface area contributed by atoms with E-state index in [4.69, 9.17) is 4.98 Å². The van der Waals surface area contributed by atoms with Crippen molar-refractivity contribution in [2.75, 3.05) is 10.6 Å². The zero-order valence-electron chi connectivity index (χ0n) is 19.8. The van der Waals surface area contributed by atoms with Crippen LogP contribution in [0.4, 0.5) is 20.3 Å². The van der Waals surface area contributed by atoms with Crippen molar-refractivity contribution in [1.82, 2.24) is 19.9 Å². The molecule has 1 saturated carbocycles. The van der Waals surface area contributed by atoms with Crippen molar-refractivity contribution in [3.8, 4) is 22.5 Å². The fraction of sp³-hybridized carbons (Fsp3) is 0.185. The highest BCUT2D eigenvalue weighted by Gasteiger charge is 2.29. The molecule has 0 aliphatic heterocycles. The lowest BCUT2D eigenvalue weighted by atomic mass is 10.0. The number of rotatable bonds is 7. The van der Waals surface area contributed by atoms with Gasteiger partial charge in [-0.15, -0.1) is 0 Å². The van der Waals surface area contributed by atoms with Crippen LogP contribution in [0, 0.1) is 12.8 Å². The Labute approximate surface area is 211 Å². The Morgan fingerprint density at radius 2 is 1.73 bits per heavy atom. The summed E-state index contributed by atoms with van der Waals surface area (Å²) in [4.78, 5) is 41.7. The summed E-state index contributed by atoms with van der Waals surface area (Å²) in [5.74, 6) is -0.0458. The first-order valence-corrected chi connectivity index (χ1v) is 11.6. The van der Waals surface area contributed by atoms with Gasteiger partial charge in [-0.2, -0.15) is 0 Å². The molecule has 0 radical (unpaired) electrons. The molecular formula is C27H22F2N6O2. The number of halogens is 2. The number of anilines is 2. The molecule has 10 heteroatoms. The average Bonchev–Trinajstić information content (AvgIpc) is 3.76. The number of carbonyl (C=O) groups is 2. The highest BCUT2D eigenvalue weighted by molar-refractivity contribution is 6.04. The van der Waals surface area contributed by atoms with Crippen molar-refractivity contribution in [3.05, 3.63) is 84.1 Å². The van der Waals surface area contributed by atoms with E-state index < -0.39 is 18.0 Å². The van der Waals surface area contributed by atoms with Crippen molar-refractivity contribution in [1.29, 1.82) is 0 Å². The summed E-state index contributed by atoms with van der Waals surface area (Å²) < 4.78 is 25.9. The van der Waals surface area contributed by atoms with Gasteiger partial charge in [-0.3, -0.25) is 19.6 Å². The Kier molecular flexibility index (Phi) is 6.63. The molecule has 8 nitrogen and oxygen atoms in total. The summed E-state index contributed by atoms with van der Waals surface area (Å²) in [5.41, 5.74) is 3.65. The first kappa shape index (κ1) is 24.1. The molecule has 37 heavy (non-hydrogen) atoms. The van der Waals surface area contributed by atoms with Crippen LogP contribution < -0.4 is 10.6 Å². The third kappa shape index (κ3) is 5.64. The lowest BCUT2D eigenvalue weighted by molar-refractivity contribution is -0.117. The molecule has 0 unspecified atom stereocenters. The minimum absolute atomic E-state index is 0.0313. The smallest absolute Gasteiger partial charge is 0.280 e. The van der Waals surface area contributed by atoms with Crippen LogP contribution in [0.25, 0.3) is 22.5 Å². The summed E-state index contributed by atoms with van der Waals surface area (Å²) in [6.07, 6.45) is 5.05. The highest BCUT2D eigenvalue weighted by atomic mass is 19.3. The molecule has 1 aliphatic rings. The Balaban J connectivity index is 1.39. The number of nitrogens with one attached hydrogen (secondary N) is 2. The third-order valence-corrected chi connectivity index (χ3v) is 5.93. The van der Waals surface area contributed by atoms with E-state index in [-0.39, 0.29) is 17.4 Å². The Bertz CT molecular complexity index is 1490. The molecular weight excluding hydrogens is 478 g/mol. The monoisotopic (exact) mass is 500 g/mol. The van der Waals surface area contributed by atoms with Crippen LogP contribution in [0.2, 0.25) is 0 Å². The van der Waals surface area contributed by atoms with Gasteiger partial charge in [0.05, 0.1) is 23.8 Å². The number of alkyl halides is 2. The van der Waals surface area contributed by atoms with E-state index in [1.807, 2.05) is 13.0 Å². The molecule has 4 aromatic rings. The topological polar surface area (TPSA) is 110 Å². The van der Waals surface area contributed by atoms with Crippen molar-refractivity contribution in [2.45, 2.75) is 26.2 Å². The predicted molar refractivity (Wildman–Crippen MR) is 134 cm³/mol. The summed E-state index contributed by atoms with van der Waals surface area (Å²) in [6, 6.07) is 11.3. The lowest BCUT2D eigenvalue weighted by Crippen LogP contribution is -2.14. The standard InChI is InChI=1S/C27H22F2N6O2/c1-15-2-5-19(33-27(37)18-7-8-31-21(10-18)25(28)29)12-20(15)23-14-30-13-22(34-23)17-6-9-32-24(11-17)35-26(36)16-3-4-16/h2,5-14,16,25H,3-4H2,1H3,(H,33,37)(H,32,35,36). The van der Waals surface area contributed by atoms with E-state index in [0.29, 0.717) is 22.9 Å². The van der Waals surface area contributed by atoms with Gasteiger partial charge in [-0.25, -0.2) is 18.7 Å². The van der Waals surface area contributed by atoms with E-state index in [9.17, 15) is 18.4 Å². The summed E-state index contributed by atoms with van der Waals surface area (Å²) in [5, 5.41) is 5.57. The van der Waals surface area contributed by atoms with Crippen molar-refractivity contribution < 1.29 is 18.4 Å². The fourth-order valence-corrected chi connectivity index (χ4v) is 3.75. The molecule has 2 amide bonds. The zero-order chi connectivity index (χ0) is 25.9. The molecule has 1 fully saturated rings. The van der Waals surface area contributed by atoms with Gasteiger partial charge in [0.15, 0.2) is 0 Å². The number of nitrogens with zero attached hydrogens (tertiary/aromatic N) is 4. The van der Waals surface area contributed by atoms with E-state index in [1.165, 1.54) is 12.3 Å². The van der Waals surface area contributed by atoms with Gasteiger partial charge in [0.25, 0.3) is 12.3 Å². The number of pyridine rings is 2. The van der Waals surface area contributed by atoms with E-state index >= 15 is 0 Å². The first-order chi connectivity index (χ1) is 17.9. The minimum atomic E-state index is -2.77. The van der Waals surface area contributed by atoms with Gasteiger partial charge in [0.1, 0.15) is 11.5 Å². The molecule has 0 spiro atoms. The molecule has 0 saturated heterocycles. The molecule has 186 valence electrons. The quantitative estimate of drug-likeness (QED) is 0.349. The number of hydrogen-bond acceptors (Lipinski definition) is 6. The molecule has 2 N–H and O–H groups in total. The zero-order valence-corrected chi connectivity index (χ0v) is 19.8. The summed E-state index contributed by atoms with van der Waals surface area (Å²) in [7, 11) is 0. The Morgan fingerprint density at radius 3 is 2.51 bits per heavy atom. The van der Waals surface area contributed by atoms with Crippen LogP contribution in [-0.2, 0) is 4.79 Å². The van der Waals surface area contributed by atoms with Gasteiger partial charge < -0.3 is 10.6 Å². The van der Waals surface area contributed by atoms with E-state index in [2.05, 4.69) is 25.6 Å². The molecule has 0 atom stereocenters. The number of carbonyl (C=O) groups excluding carboxylic acids is 2. The molecule has 3 aromatic heterocycles. The van der Waals surface area contributed by atoms with Gasteiger partial charge >= 0.3 is 0 Å². The molecule has 0 bridgehead atoms. The largest absolute Gasteiger partial charge is 0.322 e. The molecule has 5 rings (SSSR count). The highest BCUT2D eigenvalue weighted by Crippen LogP contribution is 2.31. The molecule has 1 aromatic carbocycles. The first-order valence-electron chi connectivity index (χ1n) is 11.6. The molecule has 3 heterocycles. The van der Waals surface area contributed by atoms with E-state index in [1.54, 1.807) is 42.9 Å². The van der Waals surface area contributed by atoms with Crippen LogP contribution in [0.3, 0.4) is 0 Å². The number of amides is 2. The summed E-state index contributed by atoms with van der Waals surface area (Å²) in [6.45, 7) is 1.91. The number of aryl methyl sites for hydroxylation is 1. The normalized spacial score (nSPS) is 12.9. The Morgan fingerprint density at radius 1 is 0.946 bits per heavy atom. The van der Waals surface area contributed by atoms with Gasteiger partial charge in [0.2, 0.25) is 5.91 Å². The number of aromatic nitrogens is 4. The van der Waals surface area contributed by atoms with Crippen LogP contribution >= 0.6 is 0 Å². The van der Waals surface area contributed by atoms with Gasteiger partial charge in [-0.1, -0.05) is 6.07 Å². The lowest BCUT2D eigenvalue weighted by Gasteiger charge is -2.12. The summed E-state index contributed by atoms with van der Waals surface area (Å²) >= 11 is 0. The maximum absolute atomic E-state index is 13.0. The number of hydrogen-bond donors (Lipinski definition) is 2. The second-order valence-corrected chi connectivity index (χ2v) is 8.74.